The molecule has 0 aliphatic heterocycles. The van der Waals surface area contributed by atoms with E-state index in [2.05, 4.69) is 32.0 Å². The van der Waals surface area contributed by atoms with Gasteiger partial charge >= 0.3 is 0 Å². The molecule has 92 valence electrons. The van der Waals surface area contributed by atoms with Crippen LogP contribution in [0.25, 0.3) is 11.2 Å². The molecule has 19 heavy (non-hydrogen) atoms. The minimum absolute atomic E-state index is 0.668. The minimum atomic E-state index is 0.668. The molecule has 0 spiro atoms. The fourth-order valence-electron chi connectivity index (χ4n) is 1.92. The van der Waals surface area contributed by atoms with E-state index in [0.717, 1.165) is 21.2 Å². The monoisotopic (exact) mass is 312 g/mol. The highest BCUT2D eigenvalue weighted by Gasteiger charge is 2.05. The van der Waals surface area contributed by atoms with Gasteiger partial charge in [-0.15, -0.1) is 0 Å². The summed E-state index contributed by atoms with van der Waals surface area (Å²) in [6, 6.07) is 11.6. The molecule has 2 heterocycles. The van der Waals surface area contributed by atoms with Gasteiger partial charge in [-0.3, -0.25) is 0 Å². The molecule has 2 aromatic heterocycles. The summed E-state index contributed by atoms with van der Waals surface area (Å²) in [5.74, 6) is 0. The van der Waals surface area contributed by atoms with Crippen LogP contribution in [0.2, 0.25) is 0 Å². The topological polar surface area (TPSA) is 54.5 Å². The van der Waals surface area contributed by atoms with Crippen LogP contribution in [0, 0.1) is 11.3 Å². The molecule has 0 aliphatic carbocycles. The quantitative estimate of drug-likeness (QED) is 0.730. The van der Waals surface area contributed by atoms with Crippen molar-refractivity contribution in [3.63, 3.8) is 0 Å². The lowest BCUT2D eigenvalue weighted by molar-refractivity contribution is 0.814. The van der Waals surface area contributed by atoms with E-state index in [1.54, 1.807) is 12.5 Å². The third kappa shape index (κ3) is 2.35. The zero-order valence-corrected chi connectivity index (χ0v) is 11.5. The van der Waals surface area contributed by atoms with E-state index in [0.29, 0.717) is 12.1 Å². The van der Waals surface area contributed by atoms with Crippen molar-refractivity contribution in [2.75, 3.05) is 0 Å². The molecule has 5 heteroatoms. The number of hydrogen-bond acceptors (Lipinski definition) is 3. The predicted molar refractivity (Wildman–Crippen MR) is 75.5 cm³/mol. The maximum absolute atomic E-state index is 8.77. The van der Waals surface area contributed by atoms with Gasteiger partial charge in [-0.1, -0.05) is 12.1 Å². The average Bonchev–Trinajstić information content (AvgIpc) is 2.82. The summed E-state index contributed by atoms with van der Waals surface area (Å²) >= 11 is 3.38. The lowest BCUT2D eigenvalue weighted by Crippen LogP contribution is -1.99. The van der Waals surface area contributed by atoms with Gasteiger partial charge in [0.05, 0.1) is 24.5 Å². The Labute approximate surface area is 118 Å². The number of nitrogens with zero attached hydrogens (tertiary/aromatic N) is 4. The van der Waals surface area contributed by atoms with Gasteiger partial charge in [-0.25, -0.2) is 9.97 Å². The smallest absolute Gasteiger partial charge is 0.160 e. The summed E-state index contributed by atoms with van der Waals surface area (Å²) < 4.78 is 2.91. The third-order valence-corrected chi connectivity index (χ3v) is 3.29. The van der Waals surface area contributed by atoms with Crippen LogP contribution in [0.1, 0.15) is 11.1 Å². The Hall–Kier alpha value is -2.19. The number of imidazole rings is 1. The molecule has 1 aromatic carbocycles. The number of nitriles is 1. The van der Waals surface area contributed by atoms with Crippen LogP contribution in [-0.2, 0) is 6.54 Å². The molecule has 0 unspecified atom stereocenters. The van der Waals surface area contributed by atoms with Crippen LogP contribution in [0.4, 0.5) is 0 Å². The van der Waals surface area contributed by atoms with E-state index >= 15 is 0 Å². The van der Waals surface area contributed by atoms with Crippen molar-refractivity contribution >= 4 is 27.1 Å². The van der Waals surface area contributed by atoms with E-state index in [1.165, 1.54) is 0 Å². The number of pyridine rings is 1. The second-order valence-corrected chi connectivity index (χ2v) is 5.09. The van der Waals surface area contributed by atoms with Gasteiger partial charge in [0.2, 0.25) is 0 Å². The molecular weight excluding hydrogens is 304 g/mol. The van der Waals surface area contributed by atoms with E-state index in [-0.39, 0.29) is 0 Å². The van der Waals surface area contributed by atoms with Crippen molar-refractivity contribution < 1.29 is 0 Å². The Kier molecular flexibility index (Phi) is 3.02. The first kappa shape index (κ1) is 11.9. The minimum Gasteiger partial charge on any atom is -0.311 e. The Morgan fingerprint density at radius 3 is 2.74 bits per heavy atom. The predicted octanol–water partition coefficient (Wildman–Crippen LogP) is 3.11. The lowest BCUT2D eigenvalue weighted by atomic mass is 10.1. The molecule has 0 saturated heterocycles. The van der Waals surface area contributed by atoms with E-state index in [1.807, 2.05) is 34.9 Å². The normalized spacial score (nSPS) is 10.5. The Morgan fingerprint density at radius 2 is 2.00 bits per heavy atom. The Balaban J connectivity index is 1.94. The van der Waals surface area contributed by atoms with Crippen LogP contribution in [0.15, 0.2) is 47.3 Å². The zero-order chi connectivity index (χ0) is 13.2. The molecule has 0 bridgehead atoms. The average molecular weight is 313 g/mol. The first-order valence-electron chi connectivity index (χ1n) is 5.72. The van der Waals surface area contributed by atoms with Crippen LogP contribution in [-0.4, -0.2) is 14.5 Å². The van der Waals surface area contributed by atoms with Crippen LogP contribution in [0.5, 0.6) is 0 Å². The summed E-state index contributed by atoms with van der Waals surface area (Å²) in [7, 11) is 0. The fourth-order valence-corrected chi connectivity index (χ4v) is 2.24. The molecule has 0 aliphatic rings. The maximum atomic E-state index is 8.77. The second kappa shape index (κ2) is 4.82. The number of halogens is 1. The van der Waals surface area contributed by atoms with Crippen molar-refractivity contribution in [2.45, 2.75) is 6.54 Å². The standard InChI is InChI=1S/C14H9BrN4/c15-12-5-13-14(17-7-12)19(9-18-13)8-11-3-1-10(6-16)2-4-11/h1-5,7,9H,8H2. The number of aromatic nitrogens is 3. The SMILES string of the molecule is N#Cc1ccc(Cn2cnc3cc(Br)cnc32)cc1. The Bertz CT molecular complexity index is 768. The van der Waals surface area contributed by atoms with Gasteiger partial charge in [0.15, 0.2) is 5.65 Å². The third-order valence-electron chi connectivity index (χ3n) is 2.86. The summed E-state index contributed by atoms with van der Waals surface area (Å²) in [5, 5.41) is 8.77. The van der Waals surface area contributed by atoms with Gasteiger partial charge in [-0.05, 0) is 39.7 Å². The Morgan fingerprint density at radius 1 is 1.21 bits per heavy atom. The molecule has 0 saturated carbocycles. The molecule has 4 nitrogen and oxygen atoms in total. The molecule has 0 amide bonds. The molecule has 3 rings (SSSR count). The van der Waals surface area contributed by atoms with Crippen LogP contribution >= 0.6 is 15.9 Å². The van der Waals surface area contributed by atoms with Gasteiger partial charge in [0.25, 0.3) is 0 Å². The van der Waals surface area contributed by atoms with Crippen LogP contribution in [0.3, 0.4) is 0 Å². The summed E-state index contributed by atoms with van der Waals surface area (Å²) in [4.78, 5) is 8.70. The molecule has 0 N–H and O–H groups in total. The summed E-state index contributed by atoms with van der Waals surface area (Å²) in [5.41, 5.74) is 3.50. The zero-order valence-electron chi connectivity index (χ0n) is 9.92. The highest BCUT2D eigenvalue weighted by Crippen LogP contribution is 2.17. The maximum Gasteiger partial charge on any atom is 0.160 e. The molecular formula is C14H9BrN4. The number of hydrogen-bond donors (Lipinski definition) is 0. The van der Waals surface area contributed by atoms with Crippen molar-refractivity contribution in [3.8, 4) is 6.07 Å². The van der Waals surface area contributed by atoms with E-state index < -0.39 is 0 Å². The molecule has 0 radical (unpaired) electrons. The molecule has 0 fully saturated rings. The van der Waals surface area contributed by atoms with E-state index in [9.17, 15) is 0 Å². The molecule has 3 aromatic rings. The first-order chi connectivity index (χ1) is 9.26. The number of rotatable bonds is 2. The first-order valence-corrected chi connectivity index (χ1v) is 6.51. The largest absolute Gasteiger partial charge is 0.311 e. The van der Waals surface area contributed by atoms with Crippen LogP contribution < -0.4 is 0 Å². The van der Waals surface area contributed by atoms with Crippen molar-refractivity contribution in [1.29, 1.82) is 5.26 Å². The van der Waals surface area contributed by atoms with Gasteiger partial charge in [0, 0.05) is 10.7 Å². The van der Waals surface area contributed by atoms with Crippen molar-refractivity contribution in [2.24, 2.45) is 0 Å². The fraction of sp³-hybridized carbons (Fsp3) is 0.0714. The highest BCUT2D eigenvalue weighted by atomic mass is 79.9. The number of benzene rings is 1. The van der Waals surface area contributed by atoms with Crippen molar-refractivity contribution in [3.05, 3.63) is 58.5 Å². The summed E-state index contributed by atoms with van der Waals surface area (Å²) in [6.07, 6.45) is 3.54. The lowest BCUT2D eigenvalue weighted by Gasteiger charge is -2.04. The highest BCUT2D eigenvalue weighted by molar-refractivity contribution is 9.10. The van der Waals surface area contributed by atoms with Gasteiger partial charge in [-0.2, -0.15) is 5.26 Å². The molecule has 0 atom stereocenters. The van der Waals surface area contributed by atoms with Crippen molar-refractivity contribution in [1.82, 2.24) is 14.5 Å². The van der Waals surface area contributed by atoms with E-state index in [4.69, 9.17) is 5.26 Å². The number of fused-ring (bicyclic) bond motifs is 1. The second-order valence-electron chi connectivity index (χ2n) is 4.18. The van der Waals surface area contributed by atoms with Gasteiger partial charge < -0.3 is 4.57 Å². The van der Waals surface area contributed by atoms with Gasteiger partial charge in [0.1, 0.15) is 5.52 Å². The summed E-state index contributed by atoms with van der Waals surface area (Å²) in [6.45, 7) is 0.691.